The van der Waals surface area contributed by atoms with Crippen LogP contribution in [0.3, 0.4) is 0 Å². The molecule has 16 nitrogen and oxygen atoms in total. The molecule has 0 aromatic carbocycles. The van der Waals surface area contributed by atoms with Crippen molar-refractivity contribution in [3.63, 3.8) is 0 Å². The van der Waals surface area contributed by atoms with Crippen LogP contribution in [0, 0.1) is 0 Å². The second-order valence-corrected chi connectivity index (χ2v) is 16.0. The van der Waals surface area contributed by atoms with Crippen molar-refractivity contribution in [2.45, 2.75) is 129 Å². The normalized spacial score (nSPS) is 12.2. The molecular weight excluding hydrogens is 908 g/mol. The Hall–Kier alpha value is -1.32. The van der Waals surface area contributed by atoms with Crippen LogP contribution in [0.1, 0.15) is 107 Å². The van der Waals surface area contributed by atoms with Crippen LogP contribution in [-0.2, 0) is 83.5 Å². The average molecular weight is 968 g/mol. The standard InChI is InChI=1S/4C9H16O4S.Zr/c4*1-3-5-6-13-9(14-4-2)7(10)8(11)12;/h4*9H,3-6H2,1-2H3,(H,11,12);/q;;;;+4/p-4. The van der Waals surface area contributed by atoms with Crippen LogP contribution in [0.5, 0.6) is 0 Å². The number of thioether (sulfide) groups is 4. The summed E-state index contributed by atoms with van der Waals surface area (Å²) < 4.78 is 20.6. The topological polar surface area (TPSA) is 266 Å². The second kappa shape index (κ2) is 45.8. The summed E-state index contributed by atoms with van der Waals surface area (Å²) in [5.74, 6) is -8.07. The molecule has 0 bridgehead atoms. The van der Waals surface area contributed by atoms with Crippen molar-refractivity contribution in [1.82, 2.24) is 0 Å². The van der Waals surface area contributed by atoms with Gasteiger partial charge in [-0.1, -0.05) is 81.1 Å². The molecule has 0 fully saturated rings. The van der Waals surface area contributed by atoms with Gasteiger partial charge in [-0.2, -0.15) is 0 Å². The van der Waals surface area contributed by atoms with E-state index in [0.717, 1.165) is 51.4 Å². The molecule has 4 unspecified atom stereocenters. The van der Waals surface area contributed by atoms with Crippen LogP contribution in [0.2, 0.25) is 0 Å². The average Bonchev–Trinajstić information content (AvgIpc) is 3.16. The third-order valence-corrected chi connectivity index (χ3v) is 9.95. The van der Waals surface area contributed by atoms with Gasteiger partial charge in [0.2, 0.25) is 23.1 Å². The zero-order valence-electron chi connectivity index (χ0n) is 34.3. The molecule has 0 spiro atoms. The summed E-state index contributed by atoms with van der Waals surface area (Å²) in [6.45, 7) is 17.0. The van der Waals surface area contributed by atoms with E-state index in [-0.39, 0.29) is 26.2 Å². The van der Waals surface area contributed by atoms with E-state index in [1.54, 1.807) is 0 Å². The SMILES string of the molecule is CCCCOC(SCC)C(=O)C(=O)[O-].CCCCOC(SCC)C(=O)C(=O)[O-].CCCCOC(SCC)C(=O)C(=O)[O-].CCCCOC(SCC)C(=O)C(=O)[O-].[Zr+4]. The number of carboxylic acid groups (broad SMARTS) is 4. The van der Waals surface area contributed by atoms with E-state index >= 15 is 0 Å². The van der Waals surface area contributed by atoms with E-state index in [2.05, 4.69) is 0 Å². The zero-order chi connectivity index (χ0) is 43.9. The van der Waals surface area contributed by atoms with E-state index in [4.69, 9.17) is 18.9 Å². The Morgan fingerprint density at radius 2 is 0.526 bits per heavy atom. The zero-order valence-corrected chi connectivity index (χ0v) is 40.0. The number of Topliss-reactive ketones (excluding diaryl/α,β-unsaturated/α-hetero) is 4. The van der Waals surface area contributed by atoms with Crippen LogP contribution in [0.4, 0.5) is 0 Å². The summed E-state index contributed by atoms with van der Waals surface area (Å²) in [7, 11) is 0. The molecule has 21 heteroatoms. The van der Waals surface area contributed by atoms with Crippen LogP contribution >= 0.6 is 47.0 Å². The molecule has 0 aliphatic carbocycles. The summed E-state index contributed by atoms with van der Waals surface area (Å²) in [6.07, 6.45) is 7.07. The molecule has 0 rings (SSSR count). The number of hydrogen-bond donors (Lipinski definition) is 0. The smallest absolute Gasteiger partial charge is 0.542 e. The molecule has 328 valence electrons. The fraction of sp³-hybridized carbons (Fsp3) is 0.778. The van der Waals surface area contributed by atoms with Crippen LogP contribution in [0.25, 0.3) is 0 Å². The minimum Gasteiger partial charge on any atom is -0.542 e. The first kappa shape index (κ1) is 64.8. The molecule has 0 amide bonds. The first-order valence-corrected chi connectivity index (χ1v) is 22.7. The maximum atomic E-state index is 11.0. The molecule has 0 aromatic heterocycles. The summed E-state index contributed by atoms with van der Waals surface area (Å²) >= 11 is 4.68. The molecule has 0 radical (unpaired) electrons. The third-order valence-electron chi connectivity index (χ3n) is 6.00. The largest absolute Gasteiger partial charge is 4.00 e. The monoisotopic (exact) mass is 966 g/mol. The third kappa shape index (κ3) is 38.6. The van der Waals surface area contributed by atoms with Gasteiger partial charge in [-0.3, -0.25) is 19.2 Å². The Morgan fingerprint density at radius 3 is 0.632 bits per heavy atom. The van der Waals surface area contributed by atoms with E-state index < -0.39 is 68.8 Å². The minimum atomic E-state index is -1.67. The second-order valence-electron chi connectivity index (χ2n) is 10.7. The molecule has 0 heterocycles. The number of aliphatic carboxylic acids is 4. The van der Waals surface area contributed by atoms with Crippen molar-refractivity contribution >= 4 is 94.1 Å². The van der Waals surface area contributed by atoms with Gasteiger partial charge in [-0.15, -0.1) is 47.0 Å². The predicted octanol–water partition coefficient (Wildman–Crippen LogP) is 0.803. The van der Waals surface area contributed by atoms with E-state index in [0.29, 0.717) is 49.4 Å². The van der Waals surface area contributed by atoms with Crippen molar-refractivity contribution in [3.8, 4) is 0 Å². The summed E-state index contributed by atoms with van der Waals surface area (Å²) in [5.41, 5.74) is -3.62. The minimum absolute atomic E-state index is 0. The van der Waals surface area contributed by atoms with Gasteiger partial charge < -0.3 is 58.6 Å². The van der Waals surface area contributed by atoms with Crippen molar-refractivity contribution in [1.29, 1.82) is 0 Å². The van der Waals surface area contributed by atoms with Gasteiger partial charge >= 0.3 is 26.2 Å². The number of hydrogen-bond acceptors (Lipinski definition) is 20. The van der Waals surface area contributed by atoms with Crippen LogP contribution in [-0.4, -0.2) is 118 Å². The van der Waals surface area contributed by atoms with Crippen molar-refractivity contribution in [2.24, 2.45) is 0 Å². The molecule has 4 atom stereocenters. The van der Waals surface area contributed by atoms with E-state index in [1.165, 1.54) is 47.0 Å². The Bertz CT molecular complexity index is 948. The van der Waals surface area contributed by atoms with Gasteiger partial charge in [0.25, 0.3) is 0 Å². The van der Waals surface area contributed by atoms with E-state index in [9.17, 15) is 58.8 Å². The molecule has 0 N–H and O–H groups in total. The molecule has 57 heavy (non-hydrogen) atoms. The number of unbranched alkanes of at least 4 members (excludes halogenated alkanes) is 4. The van der Waals surface area contributed by atoms with Gasteiger partial charge in [0.15, 0.2) is 21.7 Å². The fourth-order valence-corrected chi connectivity index (χ4v) is 6.10. The van der Waals surface area contributed by atoms with Crippen LogP contribution in [0.15, 0.2) is 0 Å². The Kier molecular flexibility index (Phi) is 52.0. The van der Waals surface area contributed by atoms with Gasteiger partial charge in [-0.05, 0) is 48.7 Å². The quantitative estimate of drug-likeness (QED) is 0.0513. The van der Waals surface area contributed by atoms with Gasteiger partial charge in [-0.25, -0.2) is 0 Å². The first-order chi connectivity index (χ1) is 26.5. The summed E-state index contributed by atoms with van der Waals surface area (Å²) in [4.78, 5) is 85.3. The number of carbonyl (C=O) groups is 8. The molecule has 0 aromatic rings. The number of rotatable bonds is 32. The maximum Gasteiger partial charge on any atom is 4.00 e. The van der Waals surface area contributed by atoms with Crippen LogP contribution < -0.4 is 20.4 Å². The number of ketones is 4. The Labute approximate surface area is 373 Å². The predicted molar refractivity (Wildman–Crippen MR) is 211 cm³/mol. The number of carbonyl (C=O) groups excluding carboxylic acids is 8. The number of ether oxygens (including phenoxy) is 4. The maximum absolute atomic E-state index is 11.0. The Balaban J connectivity index is -0.000000210. The molecular formula is C36H60O16S4Zr. The molecule has 0 saturated heterocycles. The Morgan fingerprint density at radius 1 is 0.368 bits per heavy atom. The molecule has 0 aliphatic heterocycles. The first-order valence-electron chi connectivity index (χ1n) is 18.5. The number of carboxylic acids is 4. The van der Waals surface area contributed by atoms with Gasteiger partial charge in [0.05, 0.1) is 0 Å². The summed E-state index contributed by atoms with van der Waals surface area (Å²) in [5, 5.41) is 41.2. The summed E-state index contributed by atoms with van der Waals surface area (Å²) in [6, 6.07) is 0. The van der Waals surface area contributed by atoms with Gasteiger partial charge in [0, 0.05) is 26.4 Å². The van der Waals surface area contributed by atoms with E-state index in [1.807, 2.05) is 55.4 Å². The molecule has 0 aliphatic rings. The van der Waals surface area contributed by atoms with Crippen molar-refractivity contribution in [2.75, 3.05) is 49.4 Å². The molecule has 0 saturated carbocycles. The van der Waals surface area contributed by atoms with Crippen molar-refractivity contribution < 1.29 is 104 Å². The fourth-order valence-electron chi connectivity index (χ4n) is 3.13. The van der Waals surface area contributed by atoms with Gasteiger partial charge in [0.1, 0.15) is 23.9 Å². The van der Waals surface area contributed by atoms with Crippen molar-refractivity contribution in [3.05, 3.63) is 0 Å².